The molecule has 2 heterocycles. The molecule has 0 radical (unpaired) electrons. The number of aryl methyl sites for hydroxylation is 1. The minimum atomic E-state index is -0.523. The van der Waals surface area contributed by atoms with E-state index >= 15 is 0 Å². The van der Waals surface area contributed by atoms with Gasteiger partial charge in [0.2, 0.25) is 5.62 Å². The van der Waals surface area contributed by atoms with Crippen LogP contribution >= 0.6 is 22.9 Å². The lowest BCUT2D eigenvalue weighted by atomic mass is 10.1. The zero-order chi connectivity index (χ0) is 25.1. The number of benzene rings is 2. The first-order chi connectivity index (χ1) is 16.8. The number of hydrogen-bond donors (Lipinski definition) is 2. The van der Waals surface area contributed by atoms with E-state index < -0.39 is 17.3 Å². The van der Waals surface area contributed by atoms with Gasteiger partial charge in [0.25, 0.3) is 0 Å². The molecule has 0 aliphatic carbocycles. The molecule has 0 fully saturated rings. The molecule has 9 nitrogen and oxygen atoms in total. The summed E-state index contributed by atoms with van der Waals surface area (Å²) in [5.74, 6) is -0.421. The fourth-order valence-corrected chi connectivity index (χ4v) is 4.75. The standard InChI is InChI=1S/C24H26ClN5O4S/c1-15-26-20-8-7-19(11-21(20)35-15)27-22-28(2)23(33)29(10-9-17(13-31)14-32)24(34)30(22)12-16-3-5-18(25)6-4-16/h3-8,11,17,31-32H,9-10,12-14H2,1-2H3. The smallest absolute Gasteiger partial charge is 0.335 e. The number of rotatable bonds is 8. The molecule has 0 unspecified atom stereocenters. The second kappa shape index (κ2) is 10.7. The van der Waals surface area contributed by atoms with Gasteiger partial charge in [-0.05, 0) is 49.2 Å². The van der Waals surface area contributed by atoms with Gasteiger partial charge in [0, 0.05) is 37.7 Å². The van der Waals surface area contributed by atoms with Crippen molar-refractivity contribution in [2.75, 3.05) is 13.2 Å². The summed E-state index contributed by atoms with van der Waals surface area (Å²) in [6.07, 6.45) is 0.279. The Hall–Kier alpha value is -3.05. The first-order valence-electron chi connectivity index (χ1n) is 11.1. The summed E-state index contributed by atoms with van der Waals surface area (Å²) in [6, 6.07) is 12.7. The number of fused-ring (bicyclic) bond motifs is 1. The Kier molecular flexibility index (Phi) is 7.66. The Balaban J connectivity index is 1.89. The highest BCUT2D eigenvalue weighted by atomic mass is 35.5. The molecule has 11 heteroatoms. The predicted molar refractivity (Wildman–Crippen MR) is 136 cm³/mol. The normalized spacial score (nSPS) is 12.2. The molecule has 2 aromatic carbocycles. The van der Waals surface area contributed by atoms with E-state index in [-0.39, 0.29) is 38.3 Å². The van der Waals surface area contributed by atoms with Crippen LogP contribution in [0.4, 0.5) is 5.69 Å². The number of nitrogens with zero attached hydrogens (tertiary/aromatic N) is 5. The van der Waals surface area contributed by atoms with Gasteiger partial charge in [0.15, 0.2) is 0 Å². The fourth-order valence-electron chi connectivity index (χ4n) is 3.76. The van der Waals surface area contributed by atoms with Gasteiger partial charge in [-0.1, -0.05) is 23.7 Å². The van der Waals surface area contributed by atoms with Gasteiger partial charge in [-0.3, -0.25) is 9.13 Å². The van der Waals surface area contributed by atoms with Crippen molar-refractivity contribution in [2.24, 2.45) is 18.0 Å². The van der Waals surface area contributed by atoms with Crippen LogP contribution in [0.5, 0.6) is 0 Å². The van der Waals surface area contributed by atoms with E-state index in [0.717, 1.165) is 25.4 Å². The Morgan fingerprint density at radius 2 is 1.77 bits per heavy atom. The SMILES string of the molecule is Cc1nc2ccc(N=c3n(C)c(=O)n(CCC(CO)CO)c(=O)n3Cc3ccc(Cl)cc3)cc2s1. The van der Waals surface area contributed by atoms with E-state index in [1.165, 1.54) is 9.13 Å². The van der Waals surface area contributed by atoms with Crippen molar-refractivity contribution in [2.45, 2.75) is 26.4 Å². The minimum Gasteiger partial charge on any atom is -0.396 e. The number of thiazole rings is 1. The van der Waals surface area contributed by atoms with Crippen molar-refractivity contribution in [3.05, 3.63) is 84.6 Å². The molecule has 2 aromatic heterocycles. The summed E-state index contributed by atoms with van der Waals surface area (Å²) in [4.78, 5) is 35.8. The maximum atomic E-state index is 13.5. The lowest BCUT2D eigenvalue weighted by Crippen LogP contribution is -2.54. The number of hydrogen-bond acceptors (Lipinski definition) is 7. The molecule has 35 heavy (non-hydrogen) atoms. The Morgan fingerprint density at radius 1 is 1.06 bits per heavy atom. The molecule has 0 aliphatic heterocycles. The van der Waals surface area contributed by atoms with Crippen LogP contribution in [0.15, 0.2) is 57.0 Å². The number of aromatic nitrogens is 4. The van der Waals surface area contributed by atoms with Gasteiger partial charge in [-0.2, -0.15) is 0 Å². The van der Waals surface area contributed by atoms with Gasteiger partial charge >= 0.3 is 11.4 Å². The highest BCUT2D eigenvalue weighted by Gasteiger charge is 2.15. The summed E-state index contributed by atoms with van der Waals surface area (Å²) in [5, 5.41) is 20.3. The van der Waals surface area contributed by atoms with Crippen LogP contribution in [0, 0.1) is 12.8 Å². The Bertz CT molecular complexity index is 1530. The molecular formula is C24H26ClN5O4S. The third-order valence-corrected chi connectivity index (χ3v) is 6.95. The number of halogens is 1. The summed E-state index contributed by atoms with van der Waals surface area (Å²) < 4.78 is 4.86. The van der Waals surface area contributed by atoms with Crippen molar-refractivity contribution < 1.29 is 10.2 Å². The minimum absolute atomic E-state index is 0.0598. The van der Waals surface area contributed by atoms with Gasteiger partial charge in [-0.25, -0.2) is 24.1 Å². The highest BCUT2D eigenvalue weighted by Crippen LogP contribution is 2.25. The monoisotopic (exact) mass is 515 g/mol. The number of aliphatic hydroxyl groups is 2. The molecule has 0 bridgehead atoms. The third-order valence-electron chi connectivity index (χ3n) is 5.76. The first kappa shape index (κ1) is 25.1. The molecule has 0 saturated heterocycles. The zero-order valence-corrected chi connectivity index (χ0v) is 21.0. The molecule has 2 N–H and O–H groups in total. The molecule has 0 aliphatic rings. The van der Waals surface area contributed by atoms with Crippen molar-refractivity contribution in [3.8, 4) is 0 Å². The average molecular weight is 516 g/mol. The highest BCUT2D eigenvalue weighted by molar-refractivity contribution is 7.18. The predicted octanol–water partition coefficient (Wildman–Crippen LogP) is 2.19. The summed E-state index contributed by atoms with van der Waals surface area (Å²) in [6.45, 7) is 1.70. The molecule has 4 rings (SSSR count). The van der Waals surface area contributed by atoms with Crippen molar-refractivity contribution in [3.63, 3.8) is 0 Å². The largest absolute Gasteiger partial charge is 0.396 e. The second-order valence-electron chi connectivity index (χ2n) is 8.30. The lowest BCUT2D eigenvalue weighted by molar-refractivity contribution is 0.139. The van der Waals surface area contributed by atoms with Gasteiger partial charge in [0.05, 0.1) is 27.5 Å². The third kappa shape index (κ3) is 5.46. The van der Waals surface area contributed by atoms with Gasteiger partial charge in [-0.15, -0.1) is 11.3 Å². The van der Waals surface area contributed by atoms with Crippen molar-refractivity contribution >= 4 is 38.8 Å². The molecule has 4 aromatic rings. The van der Waals surface area contributed by atoms with Crippen LogP contribution in [0.3, 0.4) is 0 Å². The number of aliphatic hydroxyl groups excluding tert-OH is 2. The van der Waals surface area contributed by atoms with Crippen molar-refractivity contribution in [1.29, 1.82) is 0 Å². The Morgan fingerprint density at radius 3 is 2.46 bits per heavy atom. The van der Waals surface area contributed by atoms with Crippen LogP contribution in [-0.4, -0.2) is 42.1 Å². The maximum absolute atomic E-state index is 13.5. The van der Waals surface area contributed by atoms with E-state index in [2.05, 4.69) is 9.98 Å². The quantitative estimate of drug-likeness (QED) is 0.373. The molecule has 0 amide bonds. The Labute approximate surface area is 209 Å². The van der Waals surface area contributed by atoms with E-state index in [4.69, 9.17) is 11.6 Å². The van der Waals surface area contributed by atoms with E-state index in [0.29, 0.717) is 10.7 Å². The maximum Gasteiger partial charge on any atom is 0.335 e. The molecule has 0 atom stereocenters. The second-order valence-corrected chi connectivity index (χ2v) is 9.98. The average Bonchev–Trinajstić information content (AvgIpc) is 3.22. The van der Waals surface area contributed by atoms with E-state index in [1.807, 2.05) is 31.2 Å². The van der Waals surface area contributed by atoms with Crippen LogP contribution in [-0.2, 0) is 20.1 Å². The lowest BCUT2D eigenvalue weighted by Gasteiger charge is -2.16. The van der Waals surface area contributed by atoms with E-state index in [9.17, 15) is 19.8 Å². The van der Waals surface area contributed by atoms with Gasteiger partial charge < -0.3 is 10.2 Å². The molecule has 0 saturated carbocycles. The first-order valence-corrected chi connectivity index (χ1v) is 12.3. The zero-order valence-electron chi connectivity index (χ0n) is 19.4. The summed E-state index contributed by atoms with van der Waals surface area (Å²) >= 11 is 7.57. The summed E-state index contributed by atoms with van der Waals surface area (Å²) in [5.41, 5.74) is 1.44. The van der Waals surface area contributed by atoms with Crippen LogP contribution < -0.4 is 17.0 Å². The summed E-state index contributed by atoms with van der Waals surface area (Å²) in [7, 11) is 1.57. The molecular weight excluding hydrogens is 490 g/mol. The molecule has 184 valence electrons. The fraction of sp³-hybridized carbons (Fsp3) is 0.333. The topological polar surface area (TPSA) is 115 Å². The van der Waals surface area contributed by atoms with Gasteiger partial charge in [0.1, 0.15) is 0 Å². The van der Waals surface area contributed by atoms with Crippen LogP contribution in [0.2, 0.25) is 5.02 Å². The van der Waals surface area contributed by atoms with Crippen molar-refractivity contribution in [1.82, 2.24) is 18.7 Å². The molecule has 0 spiro atoms. The van der Waals surface area contributed by atoms with Crippen LogP contribution in [0.1, 0.15) is 17.0 Å². The van der Waals surface area contributed by atoms with E-state index in [1.54, 1.807) is 36.6 Å². The van der Waals surface area contributed by atoms with Crippen LogP contribution in [0.25, 0.3) is 10.2 Å².